The van der Waals surface area contributed by atoms with Crippen molar-refractivity contribution in [2.45, 2.75) is 0 Å². The molecule has 5 N–H and O–H groups in total. The first kappa shape index (κ1) is 11.5. The van der Waals surface area contributed by atoms with Crippen molar-refractivity contribution in [3.8, 4) is 0 Å². The van der Waals surface area contributed by atoms with Crippen molar-refractivity contribution in [1.82, 2.24) is 10.9 Å². The molecule has 0 atom stereocenters. The monoisotopic (exact) mass is 222 g/mol. The molecule has 0 saturated carbocycles. The van der Waals surface area contributed by atoms with Gasteiger partial charge in [0.1, 0.15) is 0 Å². The zero-order chi connectivity index (χ0) is 12.0. The summed E-state index contributed by atoms with van der Waals surface area (Å²) in [5, 5.41) is 2.42. The van der Waals surface area contributed by atoms with E-state index >= 15 is 0 Å². The molecule has 1 aromatic carbocycles. The fourth-order valence-electron chi connectivity index (χ4n) is 0.859. The third-order valence-corrected chi connectivity index (χ3v) is 1.55. The predicted octanol–water partition coefficient (Wildman–Crippen LogP) is -0.675. The van der Waals surface area contributed by atoms with Crippen molar-refractivity contribution in [3.05, 3.63) is 30.3 Å². The van der Waals surface area contributed by atoms with Gasteiger partial charge in [0.05, 0.1) is 0 Å². The van der Waals surface area contributed by atoms with E-state index in [2.05, 4.69) is 11.1 Å². The van der Waals surface area contributed by atoms with E-state index in [9.17, 15) is 14.4 Å². The van der Waals surface area contributed by atoms with Crippen molar-refractivity contribution in [3.63, 3.8) is 0 Å². The van der Waals surface area contributed by atoms with Crippen LogP contribution in [0, 0.1) is 0 Å². The summed E-state index contributed by atoms with van der Waals surface area (Å²) in [5.74, 6) is -2.27. The van der Waals surface area contributed by atoms with Crippen LogP contribution in [0.3, 0.4) is 0 Å². The number of primary amides is 1. The van der Waals surface area contributed by atoms with Crippen LogP contribution in [0.4, 0.5) is 10.5 Å². The molecule has 16 heavy (non-hydrogen) atoms. The van der Waals surface area contributed by atoms with E-state index in [1.54, 1.807) is 30.3 Å². The maximum atomic E-state index is 11.2. The number of nitrogens with one attached hydrogen (secondary N) is 3. The van der Waals surface area contributed by atoms with Crippen LogP contribution >= 0.6 is 0 Å². The summed E-state index contributed by atoms with van der Waals surface area (Å²) in [6, 6.07) is 7.90. The highest BCUT2D eigenvalue weighted by Gasteiger charge is 2.09. The van der Waals surface area contributed by atoms with Gasteiger partial charge in [-0.3, -0.25) is 15.0 Å². The maximum Gasteiger partial charge on any atom is 0.337 e. The van der Waals surface area contributed by atoms with Crippen LogP contribution in [0.25, 0.3) is 0 Å². The van der Waals surface area contributed by atoms with Gasteiger partial charge in [0.15, 0.2) is 0 Å². The molecule has 0 spiro atoms. The Kier molecular flexibility index (Phi) is 3.84. The molecule has 0 bridgehead atoms. The Morgan fingerprint density at radius 2 is 1.62 bits per heavy atom. The Hall–Kier alpha value is -2.57. The summed E-state index contributed by atoms with van der Waals surface area (Å²) >= 11 is 0. The number of carbonyl (C=O) groups excluding carboxylic acids is 3. The molecule has 0 aliphatic carbocycles. The molecule has 0 unspecified atom stereocenters. The smallest absolute Gasteiger partial charge is 0.337 e. The highest BCUT2D eigenvalue weighted by atomic mass is 16.2. The van der Waals surface area contributed by atoms with E-state index < -0.39 is 17.8 Å². The maximum absolute atomic E-state index is 11.2. The summed E-state index contributed by atoms with van der Waals surface area (Å²) in [6.45, 7) is 0. The molecule has 0 fully saturated rings. The average Bonchev–Trinajstić information content (AvgIpc) is 2.27. The number of para-hydroxylation sites is 1. The van der Waals surface area contributed by atoms with Crippen molar-refractivity contribution < 1.29 is 14.4 Å². The Balaban J connectivity index is 2.37. The number of hydrogen-bond acceptors (Lipinski definition) is 3. The molecule has 0 saturated heterocycles. The van der Waals surface area contributed by atoms with Crippen LogP contribution in [0.15, 0.2) is 30.3 Å². The first-order valence-corrected chi connectivity index (χ1v) is 4.31. The second-order valence-corrected chi connectivity index (χ2v) is 2.76. The lowest BCUT2D eigenvalue weighted by molar-refractivity contribution is -0.137. The lowest BCUT2D eigenvalue weighted by atomic mass is 10.3. The van der Waals surface area contributed by atoms with Crippen LogP contribution in [-0.2, 0) is 9.59 Å². The second kappa shape index (κ2) is 5.35. The number of carbonyl (C=O) groups is 3. The second-order valence-electron chi connectivity index (χ2n) is 2.76. The van der Waals surface area contributed by atoms with E-state index in [0.29, 0.717) is 5.69 Å². The Morgan fingerprint density at radius 3 is 2.19 bits per heavy atom. The topological polar surface area (TPSA) is 113 Å². The minimum absolute atomic E-state index is 0.549. The first-order chi connectivity index (χ1) is 7.59. The zero-order valence-corrected chi connectivity index (χ0v) is 8.19. The average molecular weight is 222 g/mol. The minimum Gasteiger partial charge on any atom is -0.361 e. The van der Waals surface area contributed by atoms with E-state index in [1.807, 2.05) is 10.9 Å². The number of rotatable bonds is 1. The zero-order valence-electron chi connectivity index (χ0n) is 8.19. The fourth-order valence-corrected chi connectivity index (χ4v) is 0.859. The molecule has 1 rings (SSSR count). The largest absolute Gasteiger partial charge is 0.361 e. The summed E-state index contributed by atoms with van der Waals surface area (Å²) in [6.07, 6.45) is 0. The molecule has 0 aromatic heterocycles. The number of amides is 4. The minimum atomic E-state index is -1.18. The molecule has 0 aliphatic heterocycles. The first-order valence-electron chi connectivity index (χ1n) is 4.31. The number of hydrogen-bond donors (Lipinski definition) is 4. The summed E-state index contributed by atoms with van der Waals surface area (Å²) in [4.78, 5) is 32.1. The van der Waals surface area contributed by atoms with Crippen molar-refractivity contribution in [2.24, 2.45) is 5.73 Å². The molecular formula is C9H10N4O3. The Labute approximate surface area is 91.0 Å². The number of anilines is 1. The molecule has 0 heterocycles. The fraction of sp³-hybridized carbons (Fsp3) is 0. The van der Waals surface area contributed by atoms with Gasteiger partial charge in [-0.25, -0.2) is 10.2 Å². The van der Waals surface area contributed by atoms with E-state index in [4.69, 9.17) is 0 Å². The molecule has 1 aromatic rings. The van der Waals surface area contributed by atoms with Crippen molar-refractivity contribution in [2.75, 3.05) is 5.32 Å². The third kappa shape index (κ3) is 3.66. The molecule has 4 amide bonds. The van der Waals surface area contributed by atoms with E-state index in [1.165, 1.54) is 0 Å². The number of nitrogens with two attached hydrogens (primary N) is 1. The lowest BCUT2D eigenvalue weighted by Crippen LogP contribution is -2.48. The van der Waals surface area contributed by atoms with Gasteiger partial charge in [-0.1, -0.05) is 18.2 Å². The highest BCUT2D eigenvalue weighted by Crippen LogP contribution is 2.03. The molecule has 0 radical (unpaired) electrons. The molecule has 84 valence electrons. The highest BCUT2D eigenvalue weighted by molar-refractivity contribution is 6.34. The predicted molar refractivity (Wildman–Crippen MR) is 55.9 cm³/mol. The van der Waals surface area contributed by atoms with Gasteiger partial charge in [0.25, 0.3) is 0 Å². The molecule has 7 heteroatoms. The molecule has 7 nitrogen and oxygen atoms in total. The van der Waals surface area contributed by atoms with E-state index in [-0.39, 0.29) is 0 Å². The summed E-state index contributed by atoms with van der Waals surface area (Å²) in [7, 11) is 0. The van der Waals surface area contributed by atoms with E-state index in [0.717, 1.165) is 0 Å². The van der Waals surface area contributed by atoms with Gasteiger partial charge >= 0.3 is 17.8 Å². The SMILES string of the molecule is NC(=O)C(=O)NNC(=O)Nc1ccccc1. The van der Waals surface area contributed by atoms with Gasteiger partial charge in [0, 0.05) is 5.69 Å². The van der Waals surface area contributed by atoms with Crippen LogP contribution in [0.1, 0.15) is 0 Å². The normalized spacial score (nSPS) is 9.00. The Bertz CT molecular complexity index is 404. The Morgan fingerprint density at radius 1 is 1.00 bits per heavy atom. The van der Waals surface area contributed by atoms with Crippen LogP contribution in [-0.4, -0.2) is 17.8 Å². The van der Waals surface area contributed by atoms with Crippen LogP contribution in [0.2, 0.25) is 0 Å². The van der Waals surface area contributed by atoms with Crippen molar-refractivity contribution in [1.29, 1.82) is 0 Å². The van der Waals surface area contributed by atoms with Crippen LogP contribution in [0.5, 0.6) is 0 Å². The number of hydrazine groups is 1. The number of urea groups is 1. The van der Waals surface area contributed by atoms with Crippen molar-refractivity contribution >= 4 is 23.5 Å². The van der Waals surface area contributed by atoms with Gasteiger partial charge in [0.2, 0.25) is 0 Å². The quantitative estimate of drug-likeness (QED) is 0.373. The van der Waals surface area contributed by atoms with Crippen LogP contribution < -0.4 is 21.9 Å². The molecule has 0 aliphatic rings. The van der Waals surface area contributed by atoms with Gasteiger partial charge in [-0.05, 0) is 12.1 Å². The van der Waals surface area contributed by atoms with Gasteiger partial charge in [-0.2, -0.15) is 0 Å². The summed E-state index contributed by atoms with van der Waals surface area (Å²) < 4.78 is 0. The van der Waals surface area contributed by atoms with Gasteiger partial charge in [-0.15, -0.1) is 0 Å². The summed E-state index contributed by atoms with van der Waals surface area (Å²) in [5.41, 5.74) is 8.99. The number of benzene rings is 1. The third-order valence-electron chi connectivity index (χ3n) is 1.55. The molecular weight excluding hydrogens is 212 g/mol. The lowest BCUT2D eigenvalue weighted by Gasteiger charge is -2.07. The standard InChI is InChI=1S/C9H10N4O3/c10-7(14)8(15)12-13-9(16)11-6-4-2-1-3-5-6/h1-5H,(H2,10,14)(H,12,15)(H2,11,13,16). The van der Waals surface area contributed by atoms with Gasteiger partial charge < -0.3 is 11.1 Å².